The zero-order valence-corrected chi connectivity index (χ0v) is 10.7. The molecule has 0 saturated heterocycles. The third kappa shape index (κ3) is 4.10. The molecule has 0 heterocycles. The van der Waals surface area contributed by atoms with Gasteiger partial charge >= 0.3 is 5.97 Å². The number of hydrogen-bond acceptors (Lipinski definition) is 4. The largest absolute Gasteiger partial charge is 0.468 e. The van der Waals surface area contributed by atoms with Crippen LogP contribution in [0.5, 0.6) is 0 Å². The Hall–Kier alpha value is -0.610. The van der Waals surface area contributed by atoms with E-state index in [2.05, 4.69) is 5.32 Å². The molecule has 1 unspecified atom stereocenters. The summed E-state index contributed by atoms with van der Waals surface area (Å²) in [5, 5.41) is 3.20. The molecule has 16 heavy (non-hydrogen) atoms. The summed E-state index contributed by atoms with van der Waals surface area (Å²) in [4.78, 5) is 11.7. The molecule has 4 heteroatoms. The van der Waals surface area contributed by atoms with Crippen molar-refractivity contribution < 1.29 is 14.3 Å². The van der Waals surface area contributed by atoms with Crippen LogP contribution in [0.15, 0.2) is 0 Å². The molecule has 1 fully saturated rings. The number of esters is 1. The van der Waals surface area contributed by atoms with E-state index in [0.29, 0.717) is 12.5 Å². The quantitative estimate of drug-likeness (QED) is 0.669. The SMILES string of the molecule is COC(=O)C(C)(COCC1CC1)NC(C)C. The molecule has 0 aliphatic heterocycles. The van der Waals surface area contributed by atoms with Gasteiger partial charge < -0.3 is 9.47 Å². The van der Waals surface area contributed by atoms with Crippen molar-refractivity contribution in [1.82, 2.24) is 5.32 Å². The lowest BCUT2D eigenvalue weighted by Crippen LogP contribution is -2.56. The summed E-state index contributed by atoms with van der Waals surface area (Å²) in [6.07, 6.45) is 2.51. The predicted octanol–water partition coefficient (Wildman–Crippen LogP) is 1.34. The van der Waals surface area contributed by atoms with Crippen molar-refractivity contribution >= 4 is 5.97 Å². The maximum absolute atomic E-state index is 11.7. The van der Waals surface area contributed by atoms with E-state index < -0.39 is 5.54 Å². The van der Waals surface area contributed by atoms with Gasteiger partial charge in [0, 0.05) is 12.6 Å². The number of methoxy groups -OCH3 is 1. The lowest BCUT2D eigenvalue weighted by molar-refractivity contribution is -0.151. The zero-order valence-electron chi connectivity index (χ0n) is 10.7. The molecule has 94 valence electrons. The van der Waals surface area contributed by atoms with E-state index in [1.165, 1.54) is 20.0 Å². The molecule has 0 aromatic carbocycles. The molecular weight excluding hydrogens is 206 g/mol. The van der Waals surface area contributed by atoms with Gasteiger partial charge in [-0.25, -0.2) is 4.79 Å². The lowest BCUT2D eigenvalue weighted by Gasteiger charge is -2.29. The summed E-state index contributed by atoms with van der Waals surface area (Å²) in [5.74, 6) is 0.443. The van der Waals surface area contributed by atoms with Crippen molar-refractivity contribution in [2.45, 2.75) is 45.2 Å². The van der Waals surface area contributed by atoms with Crippen molar-refractivity contribution in [3.8, 4) is 0 Å². The summed E-state index contributed by atoms with van der Waals surface area (Å²) in [6, 6.07) is 0.216. The number of carbonyl (C=O) groups excluding carboxylic acids is 1. The van der Waals surface area contributed by atoms with Crippen LogP contribution in [0.4, 0.5) is 0 Å². The fourth-order valence-corrected chi connectivity index (χ4v) is 1.74. The first-order valence-corrected chi connectivity index (χ1v) is 5.92. The standard InChI is InChI=1S/C12H23NO3/c1-9(2)13-12(3,11(14)15-4)8-16-7-10-5-6-10/h9-10,13H,5-8H2,1-4H3. The van der Waals surface area contributed by atoms with Crippen molar-refractivity contribution in [2.75, 3.05) is 20.3 Å². The van der Waals surface area contributed by atoms with E-state index in [0.717, 1.165) is 6.61 Å². The maximum atomic E-state index is 11.7. The van der Waals surface area contributed by atoms with Gasteiger partial charge in [-0.15, -0.1) is 0 Å². The van der Waals surface area contributed by atoms with E-state index in [-0.39, 0.29) is 12.0 Å². The van der Waals surface area contributed by atoms with E-state index >= 15 is 0 Å². The maximum Gasteiger partial charge on any atom is 0.328 e. The Morgan fingerprint density at radius 2 is 2.12 bits per heavy atom. The molecule has 1 aliphatic carbocycles. The topological polar surface area (TPSA) is 47.6 Å². The third-order valence-electron chi connectivity index (χ3n) is 2.68. The monoisotopic (exact) mass is 229 g/mol. The summed E-state index contributed by atoms with van der Waals surface area (Å²) < 4.78 is 10.4. The number of rotatable bonds is 7. The Morgan fingerprint density at radius 3 is 2.56 bits per heavy atom. The van der Waals surface area contributed by atoms with Crippen molar-refractivity contribution in [2.24, 2.45) is 5.92 Å². The van der Waals surface area contributed by atoms with Crippen LogP contribution < -0.4 is 5.32 Å². The van der Waals surface area contributed by atoms with Crippen LogP contribution >= 0.6 is 0 Å². The van der Waals surface area contributed by atoms with Gasteiger partial charge in [0.1, 0.15) is 5.54 Å². The van der Waals surface area contributed by atoms with Gasteiger partial charge in [0.2, 0.25) is 0 Å². The van der Waals surface area contributed by atoms with Crippen LogP contribution in [0.1, 0.15) is 33.6 Å². The fraction of sp³-hybridized carbons (Fsp3) is 0.917. The van der Waals surface area contributed by atoms with Crippen molar-refractivity contribution in [1.29, 1.82) is 0 Å². The smallest absolute Gasteiger partial charge is 0.328 e. The number of ether oxygens (including phenoxy) is 2. The summed E-state index contributed by atoms with van der Waals surface area (Å²) in [7, 11) is 1.41. The molecule has 0 radical (unpaired) electrons. The minimum Gasteiger partial charge on any atom is -0.468 e. The second-order valence-electron chi connectivity index (χ2n) is 5.08. The molecule has 1 saturated carbocycles. The average Bonchev–Trinajstić information content (AvgIpc) is 2.99. The normalized spacial score (nSPS) is 19.6. The molecule has 0 amide bonds. The minimum absolute atomic E-state index is 0.216. The molecule has 0 aromatic rings. The zero-order chi connectivity index (χ0) is 12.2. The van der Waals surface area contributed by atoms with Gasteiger partial charge in [-0.2, -0.15) is 0 Å². The molecule has 1 N–H and O–H groups in total. The number of nitrogens with one attached hydrogen (secondary N) is 1. The van der Waals surface area contributed by atoms with E-state index in [1.807, 2.05) is 20.8 Å². The molecule has 4 nitrogen and oxygen atoms in total. The Morgan fingerprint density at radius 1 is 1.50 bits per heavy atom. The highest BCUT2D eigenvalue weighted by molar-refractivity contribution is 5.80. The van der Waals surface area contributed by atoms with Gasteiger partial charge in [0.15, 0.2) is 0 Å². The van der Waals surface area contributed by atoms with Crippen LogP contribution in [0, 0.1) is 5.92 Å². The summed E-state index contributed by atoms with van der Waals surface area (Å²) >= 11 is 0. The third-order valence-corrected chi connectivity index (χ3v) is 2.68. The Kier molecular flexibility index (Phi) is 4.74. The summed E-state index contributed by atoms with van der Waals surface area (Å²) in [6.45, 7) is 6.95. The first-order valence-electron chi connectivity index (χ1n) is 5.92. The van der Waals surface area contributed by atoms with Crippen LogP contribution in [0.3, 0.4) is 0 Å². The van der Waals surface area contributed by atoms with Gasteiger partial charge in [-0.05, 0) is 39.5 Å². The lowest BCUT2D eigenvalue weighted by atomic mass is 10.0. The Bertz CT molecular complexity index is 238. The molecule has 1 aliphatic rings. The molecular formula is C12H23NO3. The predicted molar refractivity (Wildman–Crippen MR) is 62.2 cm³/mol. The average molecular weight is 229 g/mol. The van der Waals surface area contributed by atoms with Gasteiger partial charge in [-0.1, -0.05) is 0 Å². The highest BCUT2D eigenvalue weighted by Gasteiger charge is 2.35. The second-order valence-corrected chi connectivity index (χ2v) is 5.08. The van der Waals surface area contributed by atoms with Crippen molar-refractivity contribution in [3.63, 3.8) is 0 Å². The fourth-order valence-electron chi connectivity index (χ4n) is 1.74. The first-order chi connectivity index (χ1) is 7.48. The van der Waals surface area contributed by atoms with Gasteiger partial charge in [-0.3, -0.25) is 5.32 Å². The van der Waals surface area contributed by atoms with Crippen LogP contribution in [-0.2, 0) is 14.3 Å². The van der Waals surface area contributed by atoms with Crippen LogP contribution in [-0.4, -0.2) is 37.9 Å². The van der Waals surface area contributed by atoms with Crippen LogP contribution in [0.25, 0.3) is 0 Å². The highest BCUT2D eigenvalue weighted by Crippen LogP contribution is 2.29. The van der Waals surface area contributed by atoms with Gasteiger partial charge in [0.25, 0.3) is 0 Å². The van der Waals surface area contributed by atoms with E-state index in [9.17, 15) is 4.79 Å². The molecule has 0 bridgehead atoms. The Balaban J connectivity index is 2.43. The molecule has 1 rings (SSSR count). The minimum atomic E-state index is -0.738. The Labute approximate surface area is 97.7 Å². The second kappa shape index (κ2) is 5.64. The van der Waals surface area contributed by atoms with E-state index in [4.69, 9.17) is 9.47 Å². The van der Waals surface area contributed by atoms with E-state index in [1.54, 1.807) is 0 Å². The van der Waals surface area contributed by atoms with Crippen LogP contribution in [0.2, 0.25) is 0 Å². The molecule has 0 spiro atoms. The van der Waals surface area contributed by atoms with Gasteiger partial charge in [0.05, 0.1) is 13.7 Å². The first kappa shape index (κ1) is 13.5. The molecule has 1 atom stereocenters. The highest BCUT2D eigenvalue weighted by atomic mass is 16.5. The number of carbonyl (C=O) groups is 1. The summed E-state index contributed by atoms with van der Waals surface area (Å²) in [5.41, 5.74) is -0.738. The number of hydrogen-bond donors (Lipinski definition) is 1. The van der Waals surface area contributed by atoms with Crippen molar-refractivity contribution in [3.05, 3.63) is 0 Å². The molecule has 0 aromatic heterocycles.